The molecule has 1 aromatic carbocycles. The normalized spacial score (nSPS) is 19.8. The molecule has 7 nitrogen and oxygen atoms in total. The van der Waals surface area contributed by atoms with Crippen molar-refractivity contribution in [3.63, 3.8) is 0 Å². The Hall–Kier alpha value is -2.58. The monoisotopic (exact) mass is 468 g/mol. The minimum Gasteiger partial charge on any atom is -0.465 e. The van der Waals surface area contributed by atoms with E-state index in [-0.39, 0.29) is 12.5 Å². The Bertz CT molecular complexity index is 1150. The molecule has 1 saturated carbocycles. The molecule has 1 atom stereocenters. The lowest BCUT2D eigenvalue weighted by atomic mass is 9.95. The SMILES string of the molecule is COC(=O)c1c(N2CCCC(CO)C2)sc(-c2ccc3c(c2)ncn3C2CCCCC2)c1N. The summed E-state index contributed by atoms with van der Waals surface area (Å²) in [5.41, 5.74) is 10.5. The number of nitrogens with two attached hydrogens (primary N) is 1. The number of aliphatic hydroxyl groups is 1. The molecule has 2 aliphatic rings. The largest absolute Gasteiger partial charge is 0.465 e. The number of imidazole rings is 1. The average Bonchev–Trinajstić information content (AvgIpc) is 3.44. The van der Waals surface area contributed by atoms with E-state index in [1.165, 1.54) is 50.6 Å². The van der Waals surface area contributed by atoms with Gasteiger partial charge in [-0.3, -0.25) is 0 Å². The number of piperidine rings is 1. The van der Waals surface area contributed by atoms with Gasteiger partial charge in [0.25, 0.3) is 0 Å². The summed E-state index contributed by atoms with van der Waals surface area (Å²) in [6, 6.07) is 6.82. The van der Waals surface area contributed by atoms with Gasteiger partial charge in [-0.15, -0.1) is 11.3 Å². The van der Waals surface area contributed by atoms with Gasteiger partial charge < -0.3 is 25.0 Å². The van der Waals surface area contributed by atoms with Crippen LogP contribution in [0.4, 0.5) is 10.7 Å². The first-order valence-electron chi connectivity index (χ1n) is 11.9. The van der Waals surface area contributed by atoms with Crippen LogP contribution in [0, 0.1) is 5.92 Å². The van der Waals surface area contributed by atoms with Crippen LogP contribution in [-0.4, -0.2) is 47.4 Å². The maximum absolute atomic E-state index is 12.7. The van der Waals surface area contributed by atoms with Crippen LogP contribution in [0.3, 0.4) is 0 Å². The lowest BCUT2D eigenvalue weighted by Crippen LogP contribution is -2.37. The van der Waals surface area contributed by atoms with Gasteiger partial charge in [-0.1, -0.05) is 25.3 Å². The Morgan fingerprint density at radius 2 is 2.06 bits per heavy atom. The van der Waals surface area contributed by atoms with Crippen LogP contribution in [-0.2, 0) is 4.74 Å². The fourth-order valence-corrected chi connectivity index (χ4v) is 6.63. The number of rotatable bonds is 5. The van der Waals surface area contributed by atoms with Gasteiger partial charge in [-0.25, -0.2) is 9.78 Å². The maximum Gasteiger partial charge on any atom is 0.343 e. The van der Waals surface area contributed by atoms with Crippen LogP contribution < -0.4 is 10.6 Å². The highest BCUT2D eigenvalue weighted by atomic mass is 32.1. The molecule has 1 saturated heterocycles. The van der Waals surface area contributed by atoms with Gasteiger partial charge in [0.05, 0.1) is 35.0 Å². The van der Waals surface area contributed by atoms with Crippen LogP contribution in [0.5, 0.6) is 0 Å². The van der Waals surface area contributed by atoms with Gasteiger partial charge in [-0.05, 0) is 49.3 Å². The fourth-order valence-electron chi connectivity index (χ4n) is 5.39. The van der Waals surface area contributed by atoms with Gasteiger partial charge in [0.1, 0.15) is 10.6 Å². The van der Waals surface area contributed by atoms with E-state index < -0.39 is 5.97 Å². The zero-order valence-corrected chi connectivity index (χ0v) is 19.9. The van der Waals surface area contributed by atoms with Crippen molar-refractivity contribution in [1.82, 2.24) is 9.55 Å². The zero-order valence-electron chi connectivity index (χ0n) is 19.1. The van der Waals surface area contributed by atoms with Crippen molar-refractivity contribution in [2.24, 2.45) is 5.92 Å². The van der Waals surface area contributed by atoms with Gasteiger partial charge in [-0.2, -0.15) is 0 Å². The highest BCUT2D eigenvalue weighted by Crippen LogP contribution is 2.46. The molecule has 0 bridgehead atoms. The second-order valence-electron chi connectivity index (χ2n) is 9.30. The molecule has 5 rings (SSSR count). The molecule has 2 aromatic heterocycles. The number of benzene rings is 1. The van der Waals surface area contributed by atoms with E-state index in [1.807, 2.05) is 6.33 Å². The van der Waals surface area contributed by atoms with E-state index in [9.17, 15) is 9.90 Å². The number of hydrogen-bond donors (Lipinski definition) is 2. The number of esters is 1. The van der Waals surface area contributed by atoms with Crippen LogP contribution in [0.2, 0.25) is 0 Å². The molecular formula is C25H32N4O3S. The quantitative estimate of drug-likeness (QED) is 0.520. The van der Waals surface area contributed by atoms with Crippen molar-refractivity contribution in [2.45, 2.75) is 51.0 Å². The lowest BCUT2D eigenvalue weighted by Gasteiger charge is -2.33. The van der Waals surface area contributed by atoms with Crippen molar-refractivity contribution in [1.29, 1.82) is 0 Å². The molecule has 3 aromatic rings. The number of methoxy groups -OCH3 is 1. The second kappa shape index (κ2) is 9.35. The number of anilines is 2. The number of fused-ring (bicyclic) bond motifs is 1. The van der Waals surface area contributed by atoms with Crippen LogP contribution >= 0.6 is 11.3 Å². The third kappa shape index (κ3) is 4.10. The van der Waals surface area contributed by atoms with E-state index in [4.69, 9.17) is 15.5 Å². The van der Waals surface area contributed by atoms with E-state index in [1.54, 1.807) is 0 Å². The Balaban J connectivity index is 1.53. The number of thiophene rings is 1. The summed E-state index contributed by atoms with van der Waals surface area (Å²) < 4.78 is 7.41. The van der Waals surface area contributed by atoms with Crippen LogP contribution in [0.15, 0.2) is 24.5 Å². The molecule has 1 aliphatic heterocycles. The van der Waals surface area contributed by atoms with Crippen LogP contribution in [0.1, 0.15) is 61.3 Å². The Kier molecular flexibility index (Phi) is 6.29. The number of ether oxygens (including phenoxy) is 1. The molecule has 3 N–H and O–H groups in total. The van der Waals surface area contributed by atoms with E-state index in [0.29, 0.717) is 23.8 Å². The van der Waals surface area contributed by atoms with Gasteiger partial charge in [0.15, 0.2) is 0 Å². The smallest absolute Gasteiger partial charge is 0.343 e. The Morgan fingerprint density at radius 3 is 2.82 bits per heavy atom. The number of carbonyl (C=O) groups excluding carboxylic acids is 1. The van der Waals surface area contributed by atoms with Gasteiger partial charge >= 0.3 is 5.97 Å². The first-order chi connectivity index (χ1) is 16.1. The fraction of sp³-hybridized carbons (Fsp3) is 0.520. The first kappa shape index (κ1) is 22.2. The lowest BCUT2D eigenvalue weighted by molar-refractivity contribution is 0.0603. The molecule has 0 amide bonds. The van der Waals surface area contributed by atoms with Crippen molar-refractivity contribution >= 4 is 39.0 Å². The maximum atomic E-state index is 12.7. The highest BCUT2D eigenvalue weighted by molar-refractivity contribution is 7.20. The molecule has 0 spiro atoms. The molecule has 1 aliphatic carbocycles. The molecule has 33 heavy (non-hydrogen) atoms. The highest BCUT2D eigenvalue weighted by Gasteiger charge is 2.30. The number of nitrogens with zero attached hydrogens (tertiary/aromatic N) is 3. The van der Waals surface area contributed by atoms with E-state index >= 15 is 0 Å². The molecular weight excluding hydrogens is 436 g/mol. The number of nitrogen functional groups attached to an aromatic ring is 1. The summed E-state index contributed by atoms with van der Waals surface area (Å²) in [7, 11) is 1.39. The molecule has 0 radical (unpaired) electrons. The molecule has 2 fully saturated rings. The van der Waals surface area contributed by atoms with Crippen molar-refractivity contribution in [2.75, 3.05) is 37.4 Å². The van der Waals surface area contributed by atoms with Crippen LogP contribution in [0.25, 0.3) is 21.5 Å². The minimum atomic E-state index is -0.418. The molecule has 1 unspecified atom stereocenters. The number of aliphatic hydroxyl groups excluding tert-OH is 1. The second-order valence-corrected chi connectivity index (χ2v) is 10.3. The first-order valence-corrected chi connectivity index (χ1v) is 12.8. The summed E-state index contributed by atoms with van der Waals surface area (Å²) in [6.07, 6.45) is 10.2. The summed E-state index contributed by atoms with van der Waals surface area (Å²) in [6.45, 7) is 1.70. The number of hydrogen-bond acceptors (Lipinski definition) is 7. The summed E-state index contributed by atoms with van der Waals surface area (Å²) in [5.74, 6) is -0.213. The summed E-state index contributed by atoms with van der Waals surface area (Å²) in [4.78, 5) is 20.4. The average molecular weight is 469 g/mol. The van der Waals surface area contributed by atoms with Gasteiger partial charge in [0, 0.05) is 25.7 Å². The Morgan fingerprint density at radius 1 is 1.24 bits per heavy atom. The number of carbonyl (C=O) groups is 1. The number of aromatic nitrogens is 2. The van der Waals surface area contributed by atoms with Crippen molar-refractivity contribution in [3.05, 3.63) is 30.1 Å². The standard InChI is InChI=1S/C25H32N4O3S/c1-32-25(31)21-22(26)23(33-24(21)28-11-5-6-16(13-28)14-30)17-9-10-20-19(12-17)27-15-29(20)18-7-3-2-4-8-18/h9-10,12,15-16,18,30H,2-8,11,13-14,26H2,1H3. The van der Waals surface area contributed by atoms with E-state index in [0.717, 1.165) is 45.9 Å². The van der Waals surface area contributed by atoms with E-state index in [2.05, 4.69) is 27.7 Å². The molecule has 176 valence electrons. The summed E-state index contributed by atoms with van der Waals surface area (Å²) >= 11 is 1.53. The predicted octanol–water partition coefficient (Wildman–Crippen LogP) is 4.85. The molecule has 8 heteroatoms. The topological polar surface area (TPSA) is 93.6 Å². The van der Waals surface area contributed by atoms with Gasteiger partial charge in [0.2, 0.25) is 0 Å². The predicted molar refractivity (Wildman–Crippen MR) is 133 cm³/mol. The third-order valence-corrected chi connectivity index (χ3v) is 8.50. The Labute approximate surface area is 198 Å². The molecule has 3 heterocycles. The minimum absolute atomic E-state index is 0.151. The third-order valence-electron chi connectivity index (χ3n) is 7.19. The van der Waals surface area contributed by atoms with Crippen molar-refractivity contribution in [3.8, 4) is 10.4 Å². The zero-order chi connectivity index (χ0) is 22.9. The van der Waals surface area contributed by atoms with Crippen molar-refractivity contribution < 1.29 is 14.6 Å². The summed E-state index contributed by atoms with van der Waals surface area (Å²) in [5, 5.41) is 10.5.